The van der Waals surface area contributed by atoms with E-state index in [2.05, 4.69) is 11.6 Å². The highest BCUT2D eigenvalue weighted by Gasteiger charge is 2.41. The SMILES string of the molecule is C=CC(=O)N1CCN2C(=O)c3c(N(C)c4c(C)ccnc4C(C)C)nc(-c4c(O)cccc4F)c(Cl)c3OC[C@H]2C1. The van der Waals surface area contributed by atoms with Crippen molar-refractivity contribution in [3.05, 3.63) is 70.8 Å². The molecule has 41 heavy (non-hydrogen) atoms. The van der Waals surface area contributed by atoms with E-state index in [4.69, 9.17) is 21.3 Å². The topological polar surface area (TPSA) is 99.1 Å². The van der Waals surface area contributed by atoms with Crippen molar-refractivity contribution in [2.45, 2.75) is 32.7 Å². The molecule has 214 valence electrons. The number of phenols is 1. The average Bonchev–Trinajstić information content (AvgIpc) is 3.09. The minimum atomic E-state index is -0.732. The molecule has 9 nitrogen and oxygen atoms in total. The van der Waals surface area contributed by atoms with Gasteiger partial charge in [0, 0.05) is 32.9 Å². The van der Waals surface area contributed by atoms with Crippen LogP contribution >= 0.6 is 11.6 Å². The van der Waals surface area contributed by atoms with Gasteiger partial charge >= 0.3 is 0 Å². The molecule has 1 atom stereocenters. The maximum Gasteiger partial charge on any atom is 0.261 e. The third-order valence-electron chi connectivity index (χ3n) is 7.52. The van der Waals surface area contributed by atoms with E-state index in [0.717, 1.165) is 16.9 Å². The van der Waals surface area contributed by atoms with Gasteiger partial charge in [-0.3, -0.25) is 14.6 Å². The number of aromatic hydroxyl groups is 1. The summed E-state index contributed by atoms with van der Waals surface area (Å²) in [7, 11) is 1.76. The van der Waals surface area contributed by atoms with Gasteiger partial charge in [-0.05, 0) is 42.7 Å². The van der Waals surface area contributed by atoms with Crippen molar-refractivity contribution in [1.82, 2.24) is 19.8 Å². The van der Waals surface area contributed by atoms with Gasteiger partial charge in [-0.15, -0.1) is 0 Å². The highest BCUT2D eigenvalue weighted by Crippen LogP contribution is 2.47. The number of fused-ring (bicyclic) bond motifs is 2. The summed E-state index contributed by atoms with van der Waals surface area (Å²) in [4.78, 5) is 40.9. The van der Waals surface area contributed by atoms with E-state index < -0.39 is 11.9 Å². The zero-order chi connectivity index (χ0) is 29.6. The van der Waals surface area contributed by atoms with E-state index in [9.17, 15) is 14.7 Å². The number of benzene rings is 1. The van der Waals surface area contributed by atoms with Gasteiger partial charge in [0.2, 0.25) is 5.91 Å². The normalized spacial score (nSPS) is 16.6. The van der Waals surface area contributed by atoms with Crippen LogP contribution in [0.3, 0.4) is 0 Å². The van der Waals surface area contributed by atoms with Crippen LogP contribution in [0.1, 0.15) is 41.4 Å². The molecule has 2 aliphatic heterocycles. The van der Waals surface area contributed by atoms with E-state index in [1.54, 1.807) is 27.9 Å². The molecule has 4 heterocycles. The molecular formula is C30H31ClFN5O4. The third-order valence-corrected chi connectivity index (χ3v) is 7.87. The molecule has 2 amide bonds. The van der Waals surface area contributed by atoms with Gasteiger partial charge in [0.25, 0.3) is 5.91 Å². The second-order valence-corrected chi connectivity index (χ2v) is 10.8. The summed E-state index contributed by atoms with van der Waals surface area (Å²) in [5.41, 5.74) is 2.25. The maximum atomic E-state index is 15.1. The number of carbonyl (C=O) groups is 2. The van der Waals surface area contributed by atoms with Gasteiger partial charge in [0.05, 0.1) is 23.0 Å². The van der Waals surface area contributed by atoms with E-state index >= 15 is 4.39 Å². The summed E-state index contributed by atoms with van der Waals surface area (Å²) in [5, 5.41) is 10.5. The molecule has 0 bridgehead atoms. The first-order chi connectivity index (χ1) is 19.5. The first-order valence-corrected chi connectivity index (χ1v) is 13.7. The molecule has 0 unspecified atom stereocenters. The summed E-state index contributed by atoms with van der Waals surface area (Å²) in [5.74, 6) is -1.44. The van der Waals surface area contributed by atoms with Gasteiger partial charge in [0.1, 0.15) is 40.3 Å². The Morgan fingerprint density at radius 3 is 2.73 bits per heavy atom. The van der Waals surface area contributed by atoms with Crippen LogP contribution in [-0.2, 0) is 4.79 Å². The number of piperazine rings is 1. The van der Waals surface area contributed by atoms with Crippen LogP contribution in [0.4, 0.5) is 15.9 Å². The number of pyridine rings is 2. The monoisotopic (exact) mass is 579 g/mol. The lowest BCUT2D eigenvalue weighted by molar-refractivity contribution is -0.128. The van der Waals surface area contributed by atoms with Gasteiger partial charge in [-0.2, -0.15) is 0 Å². The Labute approximate surface area is 242 Å². The molecule has 1 N–H and O–H groups in total. The van der Waals surface area contributed by atoms with Gasteiger partial charge in [0.15, 0.2) is 5.75 Å². The van der Waals surface area contributed by atoms with E-state index in [-0.39, 0.29) is 76.6 Å². The Morgan fingerprint density at radius 1 is 1.29 bits per heavy atom. The summed E-state index contributed by atoms with van der Waals surface area (Å²) < 4.78 is 21.4. The first kappa shape index (κ1) is 28.4. The fourth-order valence-electron chi connectivity index (χ4n) is 5.47. The molecule has 0 spiro atoms. The molecule has 1 aromatic carbocycles. The van der Waals surface area contributed by atoms with Crippen molar-refractivity contribution in [2.24, 2.45) is 0 Å². The lowest BCUT2D eigenvalue weighted by Crippen LogP contribution is -2.57. The van der Waals surface area contributed by atoms with Crippen LogP contribution in [0, 0.1) is 12.7 Å². The van der Waals surface area contributed by atoms with Crippen molar-refractivity contribution in [3.8, 4) is 22.8 Å². The van der Waals surface area contributed by atoms with E-state index in [1.165, 1.54) is 24.3 Å². The smallest absolute Gasteiger partial charge is 0.261 e. The third kappa shape index (κ3) is 4.86. The minimum Gasteiger partial charge on any atom is -0.507 e. The minimum absolute atomic E-state index is 0.0369. The zero-order valence-electron chi connectivity index (χ0n) is 23.3. The van der Waals surface area contributed by atoms with Crippen LogP contribution < -0.4 is 9.64 Å². The standard InChI is InChI=1S/C30H31ClFN5O4/c1-6-21(39)36-12-13-37-18(14-36)15-41-28-23(30(37)40)29(35(5)27-17(4)10-11-33-25(27)16(2)3)34-26(24(28)31)22-19(32)8-7-9-20(22)38/h6-11,16,18,38H,1,12-15H2,2-5H3/t18-/m1/s1. The number of rotatable bonds is 5. The molecule has 0 radical (unpaired) electrons. The highest BCUT2D eigenvalue weighted by molar-refractivity contribution is 6.35. The summed E-state index contributed by atoms with van der Waals surface area (Å²) in [6.07, 6.45) is 2.97. The number of phenolic OH excluding ortho intramolecular Hbond substituents is 1. The van der Waals surface area contributed by atoms with Crippen molar-refractivity contribution in [2.75, 3.05) is 38.2 Å². The summed E-state index contributed by atoms with van der Waals surface area (Å²) in [6, 6.07) is 5.31. The average molecular weight is 580 g/mol. The molecule has 5 rings (SSSR count). The number of aromatic nitrogens is 2. The molecule has 1 fully saturated rings. The largest absolute Gasteiger partial charge is 0.507 e. The first-order valence-electron chi connectivity index (χ1n) is 13.3. The predicted molar refractivity (Wildman–Crippen MR) is 155 cm³/mol. The summed E-state index contributed by atoms with van der Waals surface area (Å²) >= 11 is 6.83. The number of amides is 2. The second-order valence-electron chi connectivity index (χ2n) is 10.5. The number of carbonyl (C=O) groups excluding carboxylic acids is 2. The van der Waals surface area contributed by atoms with Gasteiger partial charge in [-0.1, -0.05) is 38.1 Å². The molecule has 2 aliphatic rings. The molecule has 0 aliphatic carbocycles. The lowest BCUT2D eigenvalue weighted by atomic mass is 10.0. The number of anilines is 2. The number of hydrogen-bond acceptors (Lipinski definition) is 7. The molecule has 2 aromatic heterocycles. The Balaban J connectivity index is 1.75. The van der Waals surface area contributed by atoms with Crippen LogP contribution in [0.2, 0.25) is 5.02 Å². The lowest BCUT2D eigenvalue weighted by Gasteiger charge is -2.39. The Kier molecular flexibility index (Phi) is 7.61. The fraction of sp³-hybridized carbons (Fsp3) is 0.333. The van der Waals surface area contributed by atoms with Crippen molar-refractivity contribution in [1.29, 1.82) is 0 Å². The van der Waals surface area contributed by atoms with E-state index in [1.807, 2.05) is 26.8 Å². The van der Waals surface area contributed by atoms with Gasteiger partial charge < -0.3 is 24.5 Å². The number of hydrogen-bond donors (Lipinski definition) is 1. The number of halogens is 2. The van der Waals surface area contributed by atoms with Gasteiger partial charge in [-0.25, -0.2) is 9.37 Å². The maximum absolute atomic E-state index is 15.1. The molecule has 1 saturated heterocycles. The van der Waals surface area contributed by atoms with Crippen molar-refractivity contribution < 1.29 is 23.8 Å². The van der Waals surface area contributed by atoms with Crippen LogP contribution in [0.15, 0.2) is 43.1 Å². The van der Waals surface area contributed by atoms with Crippen LogP contribution in [0.5, 0.6) is 11.5 Å². The van der Waals surface area contributed by atoms with Crippen LogP contribution in [-0.4, -0.2) is 76.0 Å². The zero-order valence-corrected chi connectivity index (χ0v) is 24.1. The second kappa shape index (κ2) is 11.0. The Hall–Kier alpha value is -4.18. The number of nitrogens with zero attached hydrogens (tertiary/aromatic N) is 5. The molecule has 0 saturated carbocycles. The number of ether oxygens (including phenoxy) is 1. The van der Waals surface area contributed by atoms with Crippen molar-refractivity contribution in [3.63, 3.8) is 0 Å². The van der Waals surface area contributed by atoms with E-state index in [0.29, 0.717) is 6.54 Å². The van der Waals surface area contributed by atoms with Crippen LogP contribution in [0.25, 0.3) is 11.3 Å². The highest BCUT2D eigenvalue weighted by atomic mass is 35.5. The Morgan fingerprint density at radius 2 is 2.05 bits per heavy atom. The number of aryl methyl sites for hydroxylation is 1. The molecule has 3 aromatic rings. The van der Waals surface area contributed by atoms with Crippen molar-refractivity contribution >= 4 is 34.9 Å². The predicted octanol–water partition coefficient (Wildman–Crippen LogP) is 5.07. The molecular weight excluding hydrogens is 549 g/mol. The summed E-state index contributed by atoms with van der Waals surface area (Å²) in [6.45, 7) is 10.4. The Bertz CT molecular complexity index is 1540. The fourth-order valence-corrected chi connectivity index (χ4v) is 5.75. The quantitative estimate of drug-likeness (QED) is 0.421. The molecule has 11 heteroatoms.